The van der Waals surface area contributed by atoms with Gasteiger partial charge in [-0.15, -0.1) is 0 Å². The molecule has 0 aromatic carbocycles. The molecule has 1 unspecified atom stereocenters. The predicted molar refractivity (Wildman–Crippen MR) is 67.9 cm³/mol. The van der Waals surface area contributed by atoms with Crippen molar-refractivity contribution in [2.75, 3.05) is 19.1 Å². The average Bonchev–Trinajstić information content (AvgIpc) is 2.40. The summed E-state index contributed by atoms with van der Waals surface area (Å²) in [4.78, 5) is 8.80. The smallest absolute Gasteiger partial charge is 0.144 e. The standard InChI is InChI=1S/C12H20N4O2/c1-17-8-9-6-12(16-13)15-11(14-9)7-10-4-2-3-5-18-10/h6,10H,2-5,7-8,13H2,1H3,(H,14,15,16). The van der Waals surface area contributed by atoms with Crippen LogP contribution in [-0.2, 0) is 22.5 Å². The summed E-state index contributed by atoms with van der Waals surface area (Å²) in [6.07, 6.45) is 4.39. The summed E-state index contributed by atoms with van der Waals surface area (Å²) in [7, 11) is 1.64. The van der Waals surface area contributed by atoms with Gasteiger partial charge < -0.3 is 14.9 Å². The number of nitrogens with one attached hydrogen (secondary N) is 1. The van der Waals surface area contributed by atoms with Crippen LogP contribution in [0.1, 0.15) is 30.8 Å². The van der Waals surface area contributed by atoms with Gasteiger partial charge in [-0.05, 0) is 19.3 Å². The second kappa shape index (κ2) is 6.63. The molecular formula is C12H20N4O2. The highest BCUT2D eigenvalue weighted by molar-refractivity contribution is 5.34. The minimum Gasteiger partial charge on any atom is -0.378 e. The van der Waals surface area contributed by atoms with Crippen molar-refractivity contribution in [1.82, 2.24) is 9.97 Å². The number of nitrogen functional groups attached to an aromatic ring is 1. The van der Waals surface area contributed by atoms with Crippen LogP contribution in [0.25, 0.3) is 0 Å². The lowest BCUT2D eigenvalue weighted by Gasteiger charge is -2.22. The summed E-state index contributed by atoms with van der Waals surface area (Å²) in [6.45, 7) is 1.29. The lowest BCUT2D eigenvalue weighted by atomic mass is 10.1. The number of nitrogens with zero attached hydrogens (tertiary/aromatic N) is 2. The molecule has 1 aliphatic rings. The molecule has 0 saturated carbocycles. The Balaban J connectivity index is 2.07. The number of ether oxygens (including phenoxy) is 2. The third-order valence-corrected chi connectivity index (χ3v) is 2.95. The molecule has 1 aliphatic heterocycles. The first kappa shape index (κ1) is 13.2. The summed E-state index contributed by atoms with van der Waals surface area (Å²) < 4.78 is 10.8. The second-order valence-electron chi connectivity index (χ2n) is 4.43. The topological polar surface area (TPSA) is 82.3 Å². The molecule has 1 saturated heterocycles. The van der Waals surface area contributed by atoms with Crippen LogP contribution in [0, 0.1) is 0 Å². The van der Waals surface area contributed by atoms with E-state index >= 15 is 0 Å². The molecule has 0 bridgehead atoms. The Morgan fingerprint density at radius 1 is 1.50 bits per heavy atom. The van der Waals surface area contributed by atoms with E-state index in [9.17, 15) is 0 Å². The van der Waals surface area contributed by atoms with Crippen LogP contribution in [0.15, 0.2) is 6.07 Å². The Morgan fingerprint density at radius 2 is 2.39 bits per heavy atom. The molecular weight excluding hydrogens is 232 g/mol. The maximum atomic E-state index is 5.69. The highest BCUT2D eigenvalue weighted by Gasteiger charge is 2.16. The summed E-state index contributed by atoms with van der Waals surface area (Å²) in [5.41, 5.74) is 3.38. The SMILES string of the molecule is COCc1cc(NN)nc(CC2CCCCO2)n1. The molecule has 1 fully saturated rings. The largest absolute Gasteiger partial charge is 0.378 e. The number of nitrogens with two attached hydrogens (primary N) is 1. The van der Waals surface area contributed by atoms with Crippen molar-refractivity contribution < 1.29 is 9.47 Å². The van der Waals surface area contributed by atoms with Crippen molar-refractivity contribution in [2.24, 2.45) is 5.84 Å². The van der Waals surface area contributed by atoms with E-state index in [0.717, 1.165) is 37.4 Å². The van der Waals surface area contributed by atoms with Gasteiger partial charge in [0.1, 0.15) is 11.6 Å². The van der Waals surface area contributed by atoms with Crippen molar-refractivity contribution in [3.63, 3.8) is 0 Å². The highest BCUT2D eigenvalue weighted by atomic mass is 16.5. The molecule has 0 aliphatic carbocycles. The number of anilines is 1. The predicted octanol–water partition coefficient (Wildman–Crippen LogP) is 1.02. The number of rotatable bonds is 5. The van der Waals surface area contributed by atoms with E-state index < -0.39 is 0 Å². The molecule has 2 rings (SSSR count). The van der Waals surface area contributed by atoms with E-state index in [2.05, 4.69) is 15.4 Å². The summed E-state index contributed by atoms with van der Waals surface area (Å²) >= 11 is 0. The van der Waals surface area contributed by atoms with Crippen molar-refractivity contribution in [1.29, 1.82) is 0 Å². The monoisotopic (exact) mass is 252 g/mol. The molecule has 6 nitrogen and oxygen atoms in total. The minimum absolute atomic E-state index is 0.224. The van der Waals surface area contributed by atoms with E-state index in [1.54, 1.807) is 13.2 Å². The lowest BCUT2D eigenvalue weighted by molar-refractivity contribution is 0.0156. The average molecular weight is 252 g/mol. The van der Waals surface area contributed by atoms with Gasteiger partial charge in [-0.1, -0.05) is 0 Å². The van der Waals surface area contributed by atoms with Crippen molar-refractivity contribution in [3.05, 3.63) is 17.6 Å². The fourth-order valence-corrected chi connectivity index (χ4v) is 2.11. The minimum atomic E-state index is 0.224. The van der Waals surface area contributed by atoms with E-state index in [1.165, 1.54) is 6.42 Å². The molecule has 18 heavy (non-hydrogen) atoms. The Bertz CT molecular complexity index is 380. The molecule has 0 amide bonds. The van der Waals surface area contributed by atoms with Crippen molar-refractivity contribution in [2.45, 2.75) is 38.4 Å². The Hall–Kier alpha value is -1.24. The van der Waals surface area contributed by atoms with Gasteiger partial charge in [-0.25, -0.2) is 15.8 Å². The van der Waals surface area contributed by atoms with E-state index in [0.29, 0.717) is 12.4 Å². The Labute approximate surface area is 107 Å². The quantitative estimate of drug-likeness (QED) is 0.601. The fraction of sp³-hybridized carbons (Fsp3) is 0.667. The molecule has 6 heteroatoms. The number of hydrogen-bond acceptors (Lipinski definition) is 6. The zero-order valence-electron chi connectivity index (χ0n) is 10.7. The van der Waals surface area contributed by atoms with E-state index in [-0.39, 0.29) is 6.10 Å². The van der Waals surface area contributed by atoms with Crippen LogP contribution in [0.4, 0.5) is 5.82 Å². The maximum Gasteiger partial charge on any atom is 0.144 e. The van der Waals surface area contributed by atoms with E-state index in [1.807, 2.05) is 0 Å². The Kier molecular flexibility index (Phi) is 4.86. The third-order valence-electron chi connectivity index (χ3n) is 2.95. The lowest BCUT2D eigenvalue weighted by Crippen LogP contribution is -2.23. The first-order chi connectivity index (χ1) is 8.81. The Morgan fingerprint density at radius 3 is 3.06 bits per heavy atom. The molecule has 1 aromatic heterocycles. The number of aromatic nitrogens is 2. The van der Waals surface area contributed by atoms with Gasteiger partial charge in [0.05, 0.1) is 18.4 Å². The van der Waals surface area contributed by atoms with Crippen LogP contribution < -0.4 is 11.3 Å². The van der Waals surface area contributed by atoms with Crippen LogP contribution >= 0.6 is 0 Å². The van der Waals surface area contributed by atoms with Crippen LogP contribution in [0.2, 0.25) is 0 Å². The number of methoxy groups -OCH3 is 1. The number of hydrogen-bond donors (Lipinski definition) is 2. The normalized spacial score (nSPS) is 19.8. The summed E-state index contributed by atoms with van der Waals surface area (Å²) in [5.74, 6) is 6.77. The third kappa shape index (κ3) is 3.63. The molecule has 0 spiro atoms. The van der Waals surface area contributed by atoms with Gasteiger partial charge >= 0.3 is 0 Å². The van der Waals surface area contributed by atoms with Crippen LogP contribution in [0.3, 0.4) is 0 Å². The molecule has 3 N–H and O–H groups in total. The fourth-order valence-electron chi connectivity index (χ4n) is 2.11. The molecule has 100 valence electrons. The van der Waals surface area contributed by atoms with Gasteiger partial charge in [0.25, 0.3) is 0 Å². The maximum absolute atomic E-state index is 5.69. The van der Waals surface area contributed by atoms with Crippen molar-refractivity contribution >= 4 is 5.82 Å². The van der Waals surface area contributed by atoms with Gasteiger partial charge in [0.2, 0.25) is 0 Å². The first-order valence-corrected chi connectivity index (χ1v) is 6.26. The van der Waals surface area contributed by atoms with Gasteiger partial charge in [0.15, 0.2) is 0 Å². The summed E-state index contributed by atoms with van der Waals surface area (Å²) in [5, 5.41) is 0. The van der Waals surface area contributed by atoms with Crippen molar-refractivity contribution in [3.8, 4) is 0 Å². The van der Waals surface area contributed by atoms with Crippen LogP contribution in [0.5, 0.6) is 0 Å². The van der Waals surface area contributed by atoms with Crippen LogP contribution in [-0.4, -0.2) is 29.8 Å². The summed E-state index contributed by atoms with van der Waals surface area (Å²) in [6, 6.07) is 1.79. The molecule has 2 heterocycles. The molecule has 0 radical (unpaired) electrons. The number of hydrazine groups is 1. The highest BCUT2D eigenvalue weighted by Crippen LogP contribution is 2.17. The first-order valence-electron chi connectivity index (χ1n) is 6.26. The molecule has 1 aromatic rings. The zero-order valence-corrected chi connectivity index (χ0v) is 10.7. The van der Waals surface area contributed by atoms with Gasteiger partial charge in [-0.3, -0.25) is 0 Å². The zero-order chi connectivity index (χ0) is 12.8. The van der Waals surface area contributed by atoms with Gasteiger partial charge in [0, 0.05) is 26.2 Å². The van der Waals surface area contributed by atoms with E-state index in [4.69, 9.17) is 15.3 Å². The molecule has 1 atom stereocenters. The second-order valence-corrected chi connectivity index (χ2v) is 4.43. The van der Waals surface area contributed by atoms with Gasteiger partial charge in [-0.2, -0.15) is 0 Å².